The van der Waals surface area contributed by atoms with Crippen LogP contribution >= 0.6 is 0 Å². The molecule has 1 aliphatic heterocycles. The minimum atomic E-state index is -0.869. The van der Waals surface area contributed by atoms with Gasteiger partial charge in [0.05, 0.1) is 7.11 Å². The number of hydrogen-bond acceptors (Lipinski definition) is 6. The van der Waals surface area contributed by atoms with Gasteiger partial charge in [-0.15, -0.1) is 0 Å². The maximum atomic E-state index is 11.5. The van der Waals surface area contributed by atoms with Crippen molar-refractivity contribution in [1.82, 2.24) is 9.97 Å². The molecule has 114 valence electrons. The van der Waals surface area contributed by atoms with Crippen LogP contribution in [-0.4, -0.2) is 46.7 Å². The summed E-state index contributed by atoms with van der Waals surface area (Å²) in [4.78, 5) is 32.7. The Balaban J connectivity index is 2.27. The topological polar surface area (TPSA) is 92.6 Å². The van der Waals surface area contributed by atoms with E-state index < -0.39 is 18.0 Å². The highest BCUT2D eigenvalue weighted by molar-refractivity contribution is 5.85. The number of esters is 1. The standard InChI is InChI=1S/C14H19N3O4/c1-3-9-5-7-17(10(8-9)13(18)19)11-4-6-15-12(16-11)14(20)21-2/h4,6,9-10H,3,5,7-8H2,1-2H3,(H,18,19). The number of methoxy groups -OCH3 is 1. The smallest absolute Gasteiger partial charge is 0.376 e. The molecule has 2 heterocycles. The maximum Gasteiger partial charge on any atom is 0.376 e. The first-order chi connectivity index (χ1) is 10.1. The third-order valence-electron chi connectivity index (χ3n) is 3.88. The normalized spacial score (nSPS) is 21.9. The molecule has 1 aromatic rings. The van der Waals surface area contributed by atoms with Crippen LogP contribution in [0.4, 0.5) is 5.82 Å². The van der Waals surface area contributed by atoms with Gasteiger partial charge in [0.25, 0.3) is 0 Å². The molecule has 2 atom stereocenters. The molecule has 7 nitrogen and oxygen atoms in total. The zero-order chi connectivity index (χ0) is 15.4. The van der Waals surface area contributed by atoms with Gasteiger partial charge in [0.1, 0.15) is 11.9 Å². The van der Waals surface area contributed by atoms with Crippen molar-refractivity contribution in [2.45, 2.75) is 32.2 Å². The third-order valence-corrected chi connectivity index (χ3v) is 3.88. The molecular formula is C14H19N3O4. The van der Waals surface area contributed by atoms with Crippen LogP contribution in [0.15, 0.2) is 12.3 Å². The first-order valence-electron chi connectivity index (χ1n) is 6.97. The predicted octanol–water partition coefficient (Wildman–Crippen LogP) is 1.34. The van der Waals surface area contributed by atoms with Gasteiger partial charge >= 0.3 is 11.9 Å². The summed E-state index contributed by atoms with van der Waals surface area (Å²) in [7, 11) is 1.26. The first kappa shape index (κ1) is 15.2. The highest BCUT2D eigenvalue weighted by Crippen LogP contribution is 2.28. The molecule has 1 aliphatic rings. The van der Waals surface area contributed by atoms with E-state index in [1.54, 1.807) is 11.0 Å². The highest BCUT2D eigenvalue weighted by Gasteiger charge is 2.33. The zero-order valence-electron chi connectivity index (χ0n) is 12.2. The number of carbonyl (C=O) groups is 2. The Kier molecular flexibility index (Phi) is 4.72. The summed E-state index contributed by atoms with van der Waals surface area (Å²) in [5.41, 5.74) is 0. The fourth-order valence-electron chi connectivity index (χ4n) is 2.62. The number of aliphatic carboxylic acids is 1. The average molecular weight is 293 g/mol. The largest absolute Gasteiger partial charge is 0.480 e. The van der Waals surface area contributed by atoms with Gasteiger partial charge in [0.2, 0.25) is 5.82 Å². The van der Waals surface area contributed by atoms with Crippen LogP contribution in [0.3, 0.4) is 0 Å². The number of anilines is 1. The van der Waals surface area contributed by atoms with Gasteiger partial charge in [0.15, 0.2) is 0 Å². The lowest BCUT2D eigenvalue weighted by molar-refractivity contribution is -0.139. The maximum absolute atomic E-state index is 11.5. The summed E-state index contributed by atoms with van der Waals surface area (Å²) in [5.74, 6) is -0.702. The molecule has 2 rings (SSSR count). The number of aromatic nitrogens is 2. The molecule has 1 saturated heterocycles. The van der Waals surface area contributed by atoms with Crippen molar-refractivity contribution in [3.8, 4) is 0 Å². The van der Waals surface area contributed by atoms with E-state index in [-0.39, 0.29) is 5.82 Å². The molecule has 0 radical (unpaired) electrons. The Hall–Kier alpha value is -2.18. The summed E-state index contributed by atoms with van der Waals surface area (Å²) >= 11 is 0. The zero-order valence-corrected chi connectivity index (χ0v) is 12.2. The van der Waals surface area contributed by atoms with Crippen LogP contribution in [0.2, 0.25) is 0 Å². The van der Waals surface area contributed by atoms with Crippen LogP contribution in [0, 0.1) is 5.92 Å². The van der Waals surface area contributed by atoms with Gasteiger partial charge in [-0.25, -0.2) is 19.6 Å². The van der Waals surface area contributed by atoms with Gasteiger partial charge in [-0.05, 0) is 24.8 Å². The molecule has 21 heavy (non-hydrogen) atoms. The van der Waals surface area contributed by atoms with E-state index in [9.17, 15) is 14.7 Å². The van der Waals surface area contributed by atoms with Crippen molar-refractivity contribution in [2.75, 3.05) is 18.6 Å². The molecule has 0 amide bonds. The van der Waals surface area contributed by atoms with Crippen molar-refractivity contribution in [3.05, 3.63) is 18.1 Å². The molecule has 1 N–H and O–H groups in total. The Labute approximate surface area is 123 Å². The summed E-state index contributed by atoms with van der Waals surface area (Å²) in [6.45, 7) is 2.67. The van der Waals surface area contributed by atoms with Crippen LogP contribution in [0.25, 0.3) is 0 Å². The van der Waals surface area contributed by atoms with Gasteiger partial charge in [0, 0.05) is 12.7 Å². The molecule has 1 fully saturated rings. The summed E-state index contributed by atoms with van der Waals surface area (Å²) < 4.78 is 4.59. The molecule has 2 unspecified atom stereocenters. The number of ether oxygens (including phenoxy) is 1. The quantitative estimate of drug-likeness (QED) is 0.837. The minimum absolute atomic E-state index is 0.0586. The molecule has 0 saturated carbocycles. The van der Waals surface area contributed by atoms with Crippen molar-refractivity contribution < 1.29 is 19.4 Å². The number of carbonyl (C=O) groups excluding carboxylic acids is 1. The van der Waals surface area contributed by atoms with E-state index in [2.05, 4.69) is 21.6 Å². The lowest BCUT2D eigenvalue weighted by Crippen LogP contribution is -2.47. The van der Waals surface area contributed by atoms with Crippen LogP contribution in [0.1, 0.15) is 36.8 Å². The van der Waals surface area contributed by atoms with Crippen molar-refractivity contribution in [2.24, 2.45) is 5.92 Å². The van der Waals surface area contributed by atoms with E-state index in [4.69, 9.17) is 0 Å². The summed E-state index contributed by atoms with van der Waals surface area (Å²) in [6.07, 6.45) is 3.91. The Morgan fingerprint density at radius 3 is 2.90 bits per heavy atom. The predicted molar refractivity (Wildman–Crippen MR) is 75.2 cm³/mol. The van der Waals surface area contributed by atoms with Gasteiger partial charge in [-0.3, -0.25) is 0 Å². The van der Waals surface area contributed by atoms with Crippen LogP contribution in [-0.2, 0) is 9.53 Å². The number of carboxylic acid groups (broad SMARTS) is 1. The van der Waals surface area contributed by atoms with Crippen LogP contribution < -0.4 is 4.90 Å². The van der Waals surface area contributed by atoms with Crippen molar-refractivity contribution >= 4 is 17.8 Å². The minimum Gasteiger partial charge on any atom is -0.480 e. The average Bonchev–Trinajstić information content (AvgIpc) is 2.53. The molecule has 0 aliphatic carbocycles. The monoisotopic (exact) mass is 293 g/mol. The SMILES string of the molecule is CCC1CCN(c2ccnc(C(=O)OC)n2)C(C(=O)O)C1. The fourth-order valence-corrected chi connectivity index (χ4v) is 2.62. The second-order valence-corrected chi connectivity index (χ2v) is 5.08. The van der Waals surface area contributed by atoms with E-state index in [1.165, 1.54) is 13.3 Å². The first-order valence-corrected chi connectivity index (χ1v) is 6.97. The van der Waals surface area contributed by atoms with Gasteiger partial charge in [-0.2, -0.15) is 0 Å². The lowest BCUT2D eigenvalue weighted by atomic mass is 9.89. The Morgan fingerprint density at radius 2 is 2.29 bits per heavy atom. The van der Waals surface area contributed by atoms with E-state index >= 15 is 0 Å². The number of hydrogen-bond donors (Lipinski definition) is 1. The van der Waals surface area contributed by atoms with E-state index in [0.29, 0.717) is 24.7 Å². The summed E-state index contributed by atoms with van der Waals surface area (Å²) in [5, 5.41) is 9.43. The second kappa shape index (κ2) is 6.51. The lowest BCUT2D eigenvalue weighted by Gasteiger charge is -2.37. The number of rotatable bonds is 4. The highest BCUT2D eigenvalue weighted by atomic mass is 16.5. The molecule has 0 spiro atoms. The molecule has 1 aromatic heterocycles. The van der Waals surface area contributed by atoms with Crippen molar-refractivity contribution in [1.29, 1.82) is 0 Å². The Morgan fingerprint density at radius 1 is 1.52 bits per heavy atom. The fraction of sp³-hybridized carbons (Fsp3) is 0.571. The van der Waals surface area contributed by atoms with E-state index in [1.807, 2.05) is 0 Å². The molecule has 0 aromatic carbocycles. The van der Waals surface area contributed by atoms with E-state index in [0.717, 1.165) is 12.8 Å². The number of piperidine rings is 1. The second-order valence-electron chi connectivity index (χ2n) is 5.08. The molecule has 0 bridgehead atoms. The van der Waals surface area contributed by atoms with Gasteiger partial charge < -0.3 is 14.7 Å². The molecular weight excluding hydrogens is 274 g/mol. The Bertz CT molecular complexity index is 535. The number of nitrogens with zero attached hydrogens (tertiary/aromatic N) is 3. The van der Waals surface area contributed by atoms with Gasteiger partial charge in [-0.1, -0.05) is 13.3 Å². The number of carboxylic acids is 1. The third kappa shape index (κ3) is 3.29. The van der Waals surface area contributed by atoms with Crippen LogP contribution in [0.5, 0.6) is 0 Å². The summed E-state index contributed by atoms with van der Waals surface area (Å²) in [6, 6.07) is 0.998. The van der Waals surface area contributed by atoms with Crippen molar-refractivity contribution in [3.63, 3.8) is 0 Å². The molecule has 7 heteroatoms.